The molecule has 0 spiro atoms. The van der Waals surface area contributed by atoms with Gasteiger partial charge in [0.2, 0.25) is 0 Å². The maximum absolute atomic E-state index is 6.05. The Balaban J connectivity index is 1.94. The van der Waals surface area contributed by atoms with E-state index in [-0.39, 0.29) is 6.04 Å². The molecule has 0 radical (unpaired) electrons. The van der Waals surface area contributed by atoms with Gasteiger partial charge in [-0.25, -0.2) is 4.99 Å². The van der Waals surface area contributed by atoms with E-state index in [2.05, 4.69) is 20.7 Å². The number of hydrogen-bond donors (Lipinski definition) is 1. The predicted molar refractivity (Wildman–Crippen MR) is 89.8 cm³/mol. The van der Waals surface area contributed by atoms with E-state index in [1.54, 1.807) is 0 Å². The van der Waals surface area contributed by atoms with Crippen LogP contribution in [0.4, 0.5) is 5.69 Å². The lowest BCUT2D eigenvalue weighted by Gasteiger charge is -2.36. The van der Waals surface area contributed by atoms with Crippen LogP contribution in [-0.2, 0) is 0 Å². The Hall–Kier alpha value is -1.86. The van der Waals surface area contributed by atoms with Crippen molar-refractivity contribution in [2.75, 3.05) is 31.1 Å². The SMILES string of the molecule is C#CC(CC)N=C(N)N1CCN(c2ccc(Cl)cc2)CC1. The fraction of sp³-hybridized carbons (Fsp3) is 0.438. The zero-order chi connectivity index (χ0) is 15.2. The van der Waals surface area contributed by atoms with Gasteiger partial charge < -0.3 is 15.5 Å². The van der Waals surface area contributed by atoms with Gasteiger partial charge in [0.05, 0.1) is 0 Å². The molecule has 1 unspecified atom stereocenters. The van der Waals surface area contributed by atoms with E-state index >= 15 is 0 Å². The van der Waals surface area contributed by atoms with Crippen molar-refractivity contribution in [2.45, 2.75) is 19.4 Å². The van der Waals surface area contributed by atoms with Crippen LogP contribution in [0.15, 0.2) is 29.3 Å². The molecule has 1 aliphatic heterocycles. The molecule has 1 atom stereocenters. The fourth-order valence-electron chi connectivity index (χ4n) is 2.33. The number of aliphatic imine (C=N–C) groups is 1. The van der Waals surface area contributed by atoms with Crippen LogP contribution in [0.5, 0.6) is 0 Å². The quantitative estimate of drug-likeness (QED) is 0.529. The van der Waals surface area contributed by atoms with Gasteiger partial charge in [-0.1, -0.05) is 24.4 Å². The summed E-state index contributed by atoms with van der Waals surface area (Å²) >= 11 is 5.92. The standard InChI is InChI=1S/C16H21ClN4/c1-3-14(4-2)19-16(18)21-11-9-20(10-12-21)15-7-5-13(17)6-8-15/h1,5-8,14H,4,9-12H2,2H3,(H2,18,19). The Morgan fingerprint density at radius 1 is 1.33 bits per heavy atom. The number of halogens is 1. The van der Waals surface area contributed by atoms with E-state index in [0.717, 1.165) is 37.6 Å². The summed E-state index contributed by atoms with van der Waals surface area (Å²) in [4.78, 5) is 8.80. The first kappa shape index (κ1) is 15.5. The number of rotatable bonds is 3. The molecule has 1 fully saturated rings. The topological polar surface area (TPSA) is 44.9 Å². The first-order valence-electron chi connectivity index (χ1n) is 7.19. The van der Waals surface area contributed by atoms with Gasteiger partial charge in [-0.05, 0) is 30.7 Å². The van der Waals surface area contributed by atoms with Crippen LogP contribution in [0, 0.1) is 12.3 Å². The molecule has 1 aromatic carbocycles. The number of piperazine rings is 1. The van der Waals surface area contributed by atoms with Gasteiger partial charge in [0.25, 0.3) is 0 Å². The van der Waals surface area contributed by atoms with Gasteiger partial charge >= 0.3 is 0 Å². The summed E-state index contributed by atoms with van der Waals surface area (Å²) in [7, 11) is 0. The first-order valence-corrected chi connectivity index (χ1v) is 7.56. The second-order valence-electron chi connectivity index (χ2n) is 5.03. The number of nitrogens with zero attached hydrogens (tertiary/aromatic N) is 3. The largest absolute Gasteiger partial charge is 0.370 e. The second kappa shape index (κ2) is 7.24. The van der Waals surface area contributed by atoms with Crippen LogP contribution >= 0.6 is 11.6 Å². The molecule has 1 heterocycles. The van der Waals surface area contributed by atoms with Crippen molar-refractivity contribution in [3.8, 4) is 12.3 Å². The van der Waals surface area contributed by atoms with E-state index in [1.165, 1.54) is 5.69 Å². The number of guanidine groups is 1. The van der Waals surface area contributed by atoms with E-state index in [9.17, 15) is 0 Å². The maximum Gasteiger partial charge on any atom is 0.192 e. The Bertz CT molecular complexity index is 524. The van der Waals surface area contributed by atoms with Crippen LogP contribution in [0.3, 0.4) is 0 Å². The lowest BCUT2D eigenvalue weighted by Crippen LogP contribution is -2.51. The molecule has 1 aliphatic rings. The van der Waals surface area contributed by atoms with Crippen molar-refractivity contribution >= 4 is 23.2 Å². The van der Waals surface area contributed by atoms with Crippen molar-refractivity contribution in [1.29, 1.82) is 0 Å². The maximum atomic E-state index is 6.05. The normalized spacial score (nSPS) is 17.5. The minimum absolute atomic E-state index is 0.126. The highest BCUT2D eigenvalue weighted by atomic mass is 35.5. The Morgan fingerprint density at radius 3 is 2.48 bits per heavy atom. The summed E-state index contributed by atoms with van der Waals surface area (Å²) in [6, 6.07) is 7.79. The lowest BCUT2D eigenvalue weighted by atomic mass is 10.2. The predicted octanol–water partition coefficient (Wildman–Crippen LogP) is 2.19. The van der Waals surface area contributed by atoms with E-state index in [4.69, 9.17) is 23.8 Å². The number of anilines is 1. The van der Waals surface area contributed by atoms with Crippen molar-refractivity contribution in [3.63, 3.8) is 0 Å². The summed E-state index contributed by atoms with van der Waals surface area (Å²) in [6.07, 6.45) is 6.23. The third kappa shape index (κ3) is 4.05. The minimum atomic E-state index is -0.126. The van der Waals surface area contributed by atoms with Crippen molar-refractivity contribution < 1.29 is 0 Å². The Kier molecular flexibility index (Phi) is 5.35. The molecule has 1 aromatic rings. The molecule has 0 saturated carbocycles. The highest BCUT2D eigenvalue weighted by Gasteiger charge is 2.19. The monoisotopic (exact) mass is 304 g/mol. The number of benzene rings is 1. The van der Waals surface area contributed by atoms with Crippen molar-refractivity contribution in [1.82, 2.24) is 4.90 Å². The Labute approximate surface area is 131 Å². The van der Waals surface area contributed by atoms with Crippen LogP contribution in [0.25, 0.3) is 0 Å². The molecular formula is C16H21ClN4. The highest BCUT2D eigenvalue weighted by Crippen LogP contribution is 2.19. The molecule has 0 aromatic heterocycles. The molecule has 1 saturated heterocycles. The number of terminal acetylenes is 1. The summed E-state index contributed by atoms with van der Waals surface area (Å²) in [5.74, 6) is 3.20. The van der Waals surface area contributed by atoms with Crippen LogP contribution in [0.2, 0.25) is 5.02 Å². The van der Waals surface area contributed by atoms with Crippen molar-refractivity contribution in [2.24, 2.45) is 10.7 Å². The van der Waals surface area contributed by atoms with Gasteiger partial charge in [-0.15, -0.1) is 6.42 Å². The molecular weight excluding hydrogens is 284 g/mol. The zero-order valence-electron chi connectivity index (χ0n) is 12.3. The van der Waals surface area contributed by atoms with Gasteiger partial charge in [-0.2, -0.15) is 0 Å². The number of nitrogens with two attached hydrogens (primary N) is 1. The molecule has 0 amide bonds. The summed E-state index contributed by atoms with van der Waals surface area (Å²) in [5.41, 5.74) is 7.23. The van der Waals surface area contributed by atoms with Gasteiger partial charge in [0.15, 0.2) is 5.96 Å². The molecule has 2 rings (SSSR count). The average molecular weight is 305 g/mol. The average Bonchev–Trinajstić information content (AvgIpc) is 2.53. The molecule has 5 heteroatoms. The zero-order valence-corrected chi connectivity index (χ0v) is 13.1. The fourth-order valence-corrected chi connectivity index (χ4v) is 2.46. The summed E-state index contributed by atoms with van der Waals surface area (Å²) in [5, 5.41) is 0.758. The first-order chi connectivity index (χ1) is 10.1. The smallest absolute Gasteiger partial charge is 0.192 e. The van der Waals surface area contributed by atoms with Gasteiger partial charge in [-0.3, -0.25) is 0 Å². The van der Waals surface area contributed by atoms with E-state index in [0.29, 0.717) is 5.96 Å². The summed E-state index contributed by atoms with van der Waals surface area (Å²) in [6.45, 7) is 5.52. The van der Waals surface area contributed by atoms with Gasteiger partial charge in [0, 0.05) is 36.9 Å². The summed E-state index contributed by atoms with van der Waals surface area (Å²) < 4.78 is 0. The molecule has 0 bridgehead atoms. The second-order valence-corrected chi connectivity index (χ2v) is 5.46. The molecule has 112 valence electrons. The third-order valence-electron chi connectivity index (χ3n) is 3.66. The third-order valence-corrected chi connectivity index (χ3v) is 3.91. The number of hydrogen-bond acceptors (Lipinski definition) is 2. The minimum Gasteiger partial charge on any atom is -0.370 e. The highest BCUT2D eigenvalue weighted by molar-refractivity contribution is 6.30. The van der Waals surface area contributed by atoms with Crippen LogP contribution < -0.4 is 10.6 Å². The molecule has 2 N–H and O–H groups in total. The van der Waals surface area contributed by atoms with Crippen molar-refractivity contribution in [3.05, 3.63) is 29.3 Å². The van der Waals surface area contributed by atoms with Crippen LogP contribution in [0.1, 0.15) is 13.3 Å². The Morgan fingerprint density at radius 2 is 1.95 bits per heavy atom. The molecule has 21 heavy (non-hydrogen) atoms. The van der Waals surface area contributed by atoms with E-state index < -0.39 is 0 Å². The molecule has 4 nitrogen and oxygen atoms in total. The van der Waals surface area contributed by atoms with E-state index in [1.807, 2.05) is 31.2 Å². The van der Waals surface area contributed by atoms with Gasteiger partial charge in [0.1, 0.15) is 6.04 Å². The molecule has 0 aliphatic carbocycles. The van der Waals surface area contributed by atoms with Crippen LogP contribution in [-0.4, -0.2) is 43.1 Å². The lowest BCUT2D eigenvalue weighted by molar-refractivity contribution is 0.380.